The van der Waals surface area contributed by atoms with E-state index in [-0.39, 0.29) is 5.91 Å². The van der Waals surface area contributed by atoms with Gasteiger partial charge in [0, 0.05) is 49.5 Å². The Kier molecular flexibility index (Phi) is 4.46. The number of hydrogen-bond donors (Lipinski definition) is 0. The van der Waals surface area contributed by atoms with Crippen LogP contribution in [0.2, 0.25) is 0 Å². The Balaban J connectivity index is 1.46. The highest BCUT2D eigenvalue weighted by atomic mass is 32.1. The minimum absolute atomic E-state index is 0.0742. The fourth-order valence-corrected chi connectivity index (χ4v) is 4.56. The predicted molar refractivity (Wildman–Crippen MR) is 100 cm³/mol. The molecule has 3 aromatic heterocycles. The number of carbonyl (C=O) groups excluding carboxylic acids is 1. The van der Waals surface area contributed by atoms with Gasteiger partial charge in [-0.3, -0.25) is 4.79 Å². The van der Waals surface area contributed by atoms with Crippen molar-refractivity contribution in [1.82, 2.24) is 19.9 Å². The van der Waals surface area contributed by atoms with Gasteiger partial charge >= 0.3 is 0 Å². The predicted octanol–water partition coefficient (Wildman–Crippen LogP) is 2.93. The first-order valence-corrected chi connectivity index (χ1v) is 9.79. The molecule has 1 fully saturated rings. The lowest BCUT2D eigenvalue weighted by Crippen LogP contribution is -2.49. The molecule has 6 nitrogen and oxygen atoms in total. The van der Waals surface area contributed by atoms with Gasteiger partial charge in [-0.1, -0.05) is 0 Å². The molecule has 25 heavy (non-hydrogen) atoms. The van der Waals surface area contributed by atoms with Gasteiger partial charge in [-0.2, -0.15) is 11.3 Å². The third-order valence-corrected chi connectivity index (χ3v) is 6.04. The second-order valence-electron chi connectivity index (χ2n) is 5.77. The van der Waals surface area contributed by atoms with Crippen molar-refractivity contribution in [1.29, 1.82) is 0 Å². The molecule has 0 aliphatic carbocycles. The number of rotatable bonds is 3. The van der Waals surface area contributed by atoms with Crippen molar-refractivity contribution in [2.45, 2.75) is 6.92 Å². The molecule has 8 heteroatoms. The van der Waals surface area contributed by atoms with Crippen molar-refractivity contribution in [2.24, 2.45) is 0 Å². The number of aromatic nitrogens is 3. The quantitative estimate of drug-likeness (QED) is 0.708. The third kappa shape index (κ3) is 3.27. The summed E-state index contributed by atoms with van der Waals surface area (Å²) in [7, 11) is 0. The van der Waals surface area contributed by atoms with Gasteiger partial charge < -0.3 is 9.80 Å². The maximum Gasteiger partial charge on any atom is 0.265 e. The summed E-state index contributed by atoms with van der Waals surface area (Å²) in [5.74, 6) is 0.799. The van der Waals surface area contributed by atoms with Gasteiger partial charge in [-0.25, -0.2) is 15.0 Å². The van der Waals surface area contributed by atoms with Gasteiger partial charge in [-0.05, 0) is 24.4 Å². The fraction of sp³-hybridized carbons (Fsp3) is 0.294. The number of anilines is 1. The number of thiazole rings is 1. The number of amides is 1. The molecule has 0 aromatic carbocycles. The Labute approximate surface area is 153 Å². The number of carbonyl (C=O) groups is 1. The van der Waals surface area contributed by atoms with Crippen LogP contribution >= 0.6 is 22.7 Å². The molecular formula is C17H17N5OS2. The second-order valence-corrected chi connectivity index (χ2v) is 7.55. The van der Waals surface area contributed by atoms with Crippen molar-refractivity contribution in [3.8, 4) is 10.6 Å². The summed E-state index contributed by atoms with van der Waals surface area (Å²) in [6.07, 6.45) is 3.49. The SMILES string of the molecule is Cc1nc(-c2ccsc2)sc1C(=O)N1CCN(c2ncccn2)CC1. The average Bonchev–Trinajstić information content (AvgIpc) is 3.32. The number of hydrogen-bond acceptors (Lipinski definition) is 7. The Hall–Kier alpha value is -2.32. The van der Waals surface area contributed by atoms with Crippen LogP contribution in [0.15, 0.2) is 35.3 Å². The summed E-state index contributed by atoms with van der Waals surface area (Å²) >= 11 is 3.12. The van der Waals surface area contributed by atoms with E-state index in [4.69, 9.17) is 0 Å². The molecule has 0 atom stereocenters. The maximum atomic E-state index is 12.9. The highest BCUT2D eigenvalue weighted by molar-refractivity contribution is 7.17. The lowest BCUT2D eigenvalue weighted by Gasteiger charge is -2.34. The van der Waals surface area contributed by atoms with E-state index in [1.165, 1.54) is 11.3 Å². The number of aryl methyl sites for hydroxylation is 1. The topological polar surface area (TPSA) is 62.2 Å². The standard InChI is InChI=1S/C17H17N5OS2/c1-12-14(25-15(20-12)13-3-10-24-11-13)16(23)21-6-8-22(9-7-21)17-18-4-2-5-19-17/h2-5,10-11H,6-9H2,1H3. The van der Waals surface area contributed by atoms with E-state index >= 15 is 0 Å². The fourth-order valence-electron chi connectivity index (χ4n) is 2.81. The van der Waals surface area contributed by atoms with Crippen LogP contribution in [0.4, 0.5) is 5.95 Å². The molecule has 1 saturated heterocycles. The molecule has 0 saturated carbocycles. The molecule has 0 radical (unpaired) electrons. The van der Waals surface area contributed by atoms with Gasteiger partial charge in [0.05, 0.1) is 5.69 Å². The Morgan fingerprint density at radius 1 is 1.16 bits per heavy atom. The Morgan fingerprint density at radius 3 is 2.60 bits per heavy atom. The molecule has 0 bridgehead atoms. The van der Waals surface area contributed by atoms with Crippen LogP contribution in [0.5, 0.6) is 0 Å². The minimum Gasteiger partial charge on any atom is -0.337 e. The molecule has 4 rings (SSSR count). The number of nitrogens with zero attached hydrogens (tertiary/aromatic N) is 5. The maximum absolute atomic E-state index is 12.9. The third-order valence-electron chi connectivity index (χ3n) is 4.16. The lowest BCUT2D eigenvalue weighted by molar-refractivity contribution is 0.0750. The summed E-state index contributed by atoms with van der Waals surface area (Å²) < 4.78 is 0. The largest absolute Gasteiger partial charge is 0.337 e. The summed E-state index contributed by atoms with van der Waals surface area (Å²) in [4.78, 5) is 30.8. The Bertz CT molecular complexity index is 855. The highest BCUT2D eigenvalue weighted by Crippen LogP contribution is 2.30. The van der Waals surface area contributed by atoms with Crippen LogP contribution in [-0.2, 0) is 0 Å². The van der Waals surface area contributed by atoms with E-state index in [1.54, 1.807) is 29.8 Å². The number of thiophene rings is 1. The van der Waals surface area contributed by atoms with E-state index in [0.29, 0.717) is 13.1 Å². The molecule has 128 valence electrons. The summed E-state index contributed by atoms with van der Waals surface area (Å²) in [5, 5.41) is 5.00. The van der Waals surface area contributed by atoms with E-state index in [1.807, 2.05) is 23.3 Å². The zero-order valence-corrected chi connectivity index (χ0v) is 15.4. The Morgan fingerprint density at radius 2 is 1.92 bits per heavy atom. The number of piperazine rings is 1. The van der Waals surface area contributed by atoms with E-state index in [9.17, 15) is 4.79 Å². The molecule has 0 unspecified atom stereocenters. The second kappa shape index (κ2) is 6.89. The van der Waals surface area contributed by atoms with E-state index in [0.717, 1.165) is 40.2 Å². The normalized spacial score (nSPS) is 14.8. The zero-order valence-electron chi connectivity index (χ0n) is 13.8. The molecule has 0 N–H and O–H groups in total. The van der Waals surface area contributed by atoms with Crippen molar-refractivity contribution in [3.05, 3.63) is 45.9 Å². The van der Waals surface area contributed by atoms with Gasteiger partial charge in [-0.15, -0.1) is 11.3 Å². The van der Waals surface area contributed by atoms with Crippen LogP contribution in [0.1, 0.15) is 15.4 Å². The molecule has 1 aliphatic heterocycles. The average molecular weight is 371 g/mol. The van der Waals surface area contributed by atoms with Crippen LogP contribution in [0.25, 0.3) is 10.6 Å². The van der Waals surface area contributed by atoms with Gasteiger partial charge in [0.15, 0.2) is 0 Å². The molecule has 3 aromatic rings. The van der Waals surface area contributed by atoms with Crippen molar-refractivity contribution < 1.29 is 4.79 Å². The minimum atomic E-state index is 0.0742. The zero-order chi connectivity index (χ0) is 17.2. The first kappa shape index (κ1) is 16.2. The highest BCUT2D eigenvalue weighted by Gasteiger charge is 2.26. The van der Waals surface area contributed by atoms with Gasteiger partial charge in [0.1, 0.15) is 9.88 Å². The van der Waals surface area contributed by atoms with Crippen LogP contribution in [-0.4, -0.2) is 51.9 Å². The molecule has 4 heterocycles. The van der Waals surface area contributed by atoms with Crippen LogP contribution in [0.3, 0.4) is 0 Å². The summed E-state index contributed by atoms with van der Waals surface area (Å²) in [6.45, 7) is 4.73. The lowest BCUT2D eigenvalue weighted by atomic mass is 10.3. The monoisotopic (exact) mass is 371 g/mol. The molecule has 1 amide bonds. The van der Waals surface area contributed by atoms with Crippen molar-refractivity contribution in [3.63, 3.8) is 0 Å². The summed E-state index contributed by atoms with van der Waals surface area (Å²) in [5.41, 5.74) is 1.90. The first-order valence-electron chi connectivity index (χ1n) is 8.03. The van der Waals surface area contributed by atoms with Gasteiger partial charge in [0.2, 0.25) is 5.95 Å². The van der Waals surface area contributed by atoms with Crippen LogP contribution < -0.4 is 4.90 Å². The molecule has 1 aliphatic rings. The summed E-state index contributed by atoms with van der Waals surface area (Å²) in [6, 6.07) is 3.84. The van der Waals surface area contributed by atoms with Crippen LogP contribution in [0, 0.1) is 6.92 Å². The van der Waals surface area contributed by atoms with Gasteiger partial charge in [0.25, 0.3) is 5.91 Å². The smallest absolute Gasteiger partial charge is 0.265 e. The van der Waals surface area contributed by atoms with Crippen molar-refractivity contribution >= 4 is 34.5 Å². The first-order chi connectivity index (χ1) is 12.2. The van der Waals surface area contributed by atoms with E-state index < -0.39 is 0 Å². The molecule has 0 spiro atoms. The van der Waals surface area contributed by atoms with E-state index in [2.05, 4.69) is 25.2 Å². The molecular weight excluding hydrogens is 354 g/mol. The van der Waals surface area contributed by atoms with Crippen molar-refractivity contribution in [2.75, 3.05) is 31.1 Å².